The molecule has 0 saturated carbocycles. The zero-order valence-electron chi connectivity index (χ0n) is 9.74. The molecule has 1 aliphatic rings. The van der Waals surface area contributed by atoms with Crippen LogP contribution in [0.2, 0.25) is 0 Å². The first-order chi connectivity index (χ1) is 7.90. The van der Waals surface area contributed by atoms with E-state index in [4.69, 9.17) is 4.42 Å². The van der Waals surface area contributed by atoms with Gasteiger partial charge < -0.3 is 9.73 Å². The molecular formula is C11H19N3OS. The van der Waals surface area contributed by atoms with E-state index < -0.39 is 0 Å². The molecule has 0 spiro atoms. The van der Waals surface area contributed by atoms with Crippen LogP contribution in [0.15, 0.2) is 4.42 Å². The molecule has 2 rings (SSSR count). The Hall–Kier alpha value is -0.550. The highest BCUT2D eigenvalue weighted by atomic mass is 32.2. The van der Waals surface area contributed by atoms with Gasteiger partial charge in [0.25, 0.3) is 0 Å². The third kappa shape index (κ3) is 3.22. The summed E-state index contributed by atoms with van der Waals surface area (Å²) < 4.78 is 5.66. The highest BCUT2D eigenvalue weighted by molar-refractivity contribution is 7.99. The maximum absolute atomic E-state index is 5.66. The Morgan fingerprint density at radius 3 is 3.12 bits per heavy atom. The largest absolute Gasteiger partial charge is 0.423 e. The van der Waals surface area contributed by atoms with E-state index >= 15 is 0 Å². The van der Waals surface area contributed by atoms with Crippen LogP contribution < -0.4 is 5.32 Å². The highest BCUT2D eigenvalue weighted by Crippen LogP contribution is 2.37. The van der Waals surface area contributed by atoms with E-state index in [0.717, 1.165) is 24.7 Å². The number of rotatable bonds is 5. The van der Waals surface area contributed by atoms with Crippen molar-refractivity contribution in [3.8, 4) is 0 Å². The monoisotopic (exact) mass is 241 g/mol. The van der Waals surface area contributed by atoms with Crippen LogP contribution in [0.4, 0.5) is 0 Å². The number of hydrogen-bond donors (Lipinski definition) is 1. The quantitative estimate of drug-likeness (QED) is 0.803. The lowest BCUT2D eigenvalue weighted by Crippen LogP contribution is -2.13. The first kappa shape index (κ1) is 11.9. The molecule has 0 radical (unpaired) electrons. The van der Waals surface area contributed by atoms with E-state index in [1.165, 1.54) is 25.0 Å². The van der Waals surface area contributed by atoms with Gasteiger partial charge in [0.05, 0.1) is 11.8 Å². The van der Waals surface area contributed by atoms with E-state index in [9.17, 15) is 0 Å². The van der Waals surface area contributed by atoms with Crippen molar-refractivity contribution in [2.45, 2.75) is 44.4 Å². The van der Waals surface area contributed by atoms with E-state index in [0.29, 0.717) is 11.8 Å². The average Bonchev–Trinajstić information content (AvgIpc) is 2.79. The Morgan fingerprint density at radius 1 is 1.44 bits per heavy atom. The highest BCUT2D eigenvalue weighted by Gasteiger charge is 2.21. The van der Waals surface area contributed by atoms with Crippen LogP contribution in [-0.2, 0) is 6.54 Å². The summed E-state index contributed by atoms with van der Waals surface area (Å²) in [7, 11) is 0. The normalized spacial score (nSPS) is 21.2. The van der Waals surface area contributed by atoms with Gasteiger partial charge in [0.15, 0.2) is 0 Å². The molecule has 5 heteroatoms. The molecule has 0 bridgehead atoms. The van der Waals surface area contributed by atoms with Crippen LogP contribution in [0, 0.1) is 0 Å². The molecule has 4 nitrogen and oxygen atoms in total. The molecule has 1 aliphatic heterocycles. The first-order valence-electron chi connectivity index (χ1n) is 6.04. The standard InChI is InChI=1S/C11H19N3OS/c1-2-6-12-8-10-13-14-11(15-10)9-5-3-4-7-16-9/h9,12H,2-8H2,1H3. The summed E-state index contributed by atoms with van der Waals surface area (Å²) in [6.07, 6.45) is 4.90. The SMILES string of the molecule is CCCNCc1nnc(C2CCCCS2)o1. The molecule has 0 aliphatic carbocycles. The Bertz CT molecular complexity index is 310. The molecule has 1 aromatic rings. The van der Waals surface area contributed by atoms with Gasteiger partial charge in [0.1, 0.15) is 0 Å². The molecule has 0 amide bonds. The molecular weight excluding hydrogens is 222 g/mol. The Balaban J connectivity index is 1.85. The first-order valence-corrected chi connectivity index (χ1v) is 7.09. The zero-order chi connectivity index (χ0) is 11.2. The lowest BCUT2D eigenvalue weighted by Gasteiger charge is -2.17. The van der Waals surface area contributed by atoms with Crippen LogP contribution in [0.3, 0.4) is 0 Å². The Morgan fingerprint density at radius 2 is 2.38 bits per heavy atom. The number of nitrogens with one attached hydrogen (secondary N) is 1. The van der Waals surface area contributed by atoms with Gasteiger partial charge in [-0.25, -0.2) is 0 Å². The minimum absolute atomic E-state index is 0.432. The van der Waals surface area contributed by atoms with E-state index in [1.54, 1.807) is 0 Å². The Kier molecular flexibility index (Phi) is 4.66. The summed E-state index contributed by atoms with van der Waals surface area (Å²) in [5.74, 6) is 2.75. The van der Waals surface area contributed by atoms with E-state index in [1.807, 2.05) is 11.8 Å². The summed E-state index contributed by atoms with van der Waals surface area (Å²) in [5, 5.41) is 11.9. The van der Waals surface area contributed by atoms with Crippen molar-refractivity contribution in [3.05, 3.63) is 11.8 Å². The number of nitrogens with zero attached hydrogens (tertiary/aromatic N) is 2. The third-order valence-electron chi connectivity index (χ3n) is 2.64. The van der Waals surface area contributed by atoms with Gasteiger partial charge in [0.2, 0.25) is 11.8 Å². The third-order valence-corrected chi connectivity index (χ3v) is 4.00. The van der Waals surface area contributed by atoms with Gasteiger partial charge in [-0.3, -0.25) is 0 Å². The van der Waals surface area contributed by atoms with Crippen molar-refractivity contribution >= 4 is 11.8 Å². The second-order valence-electron chi connectivity index (χ2n) is 4.07. The molecule has 2 heterocycles. The molecule has 16 heavy (non-hydrogen) atoms. The van der Waals surface area contributed by atoms with Crippen molar-refractivity contribution in [2.24, 2.45) is 0 Å². The second kappa shape index (κ2) is 6.25. The maximum atomic E-state index is 5.66. The van der Waals surface area contributed by atoms with Crippen molar-refractivity contribution in [1.82, 2.24) is 15.5 Å². The van der Waals surface area contributed by atoms with Gasteiger partial charge in [-0.1, -0.05) is 13.3 Å². The average molecular weight is 241 g/mol. The van der Waals surface area contributed by atoms with Crippen molar-refractivity contribution in [1.29, 1.82) is 0 Å². The second-order valence-corrected chi connectivity index (χ2v) is 5.38. The van der Waals surface area contributed by atoms with Crippen molar-refractivity contribution in [2.75, 3.05) is 12.3 Å². The minimum atomic E-state index is 0.432. The van der Waals surface area contributed by atoms with Crippen LogP contribution in [0.1, 0.15) is 49.6 Å². The van der Waals surface area contributed by atoms with Crippen LogP contribution in [0.25, 0.3) is 0 Å². The maximum Gasteiger partial charge on any atom is 0.230 e. The van der Waals surface area contributed by atoms with Gasteiger partial charge in [-0.15, -0.1) is 22.0 Å². The van der Waals surface area contributed by atoms with Crippen molar-refractivity contribution < 1.29 is 4.42 Å². The fourth-order valence-electron chi connectivity index (χ4n) is 1.78. The summed E-state index contributed by atoms with van der Waals surface area (Å²) in [5.41, 5.74) is 0. The van der Waals surface area contributed by atoms with Crippen LogP contribution >= 0.6 is 11.8 Å². The summed E-state index contributed by atoms with van der Waals surface area (Å²) >= 11 is 1.94. The molecule has 1 unspecified atom stereocenters. The molecule has 1 N–H and O–H groups in total. The van der Waals surface area contributed by atoms with Gasteiger partial charge >= 0.3 is 0 Å². The fraction of sp³-hybridized carbons (Fsp3) is 0.818. The Labute approximate surface area is 101 Å². The number of hydrogen-bond acceptors (Lipinski definition) is 5. The van der Waals surface area contributed by atoms with E-state index in [-0.39, 0.29) is 0 Å². The van der Waals surface area contributed by atoms with Crippen LogP contribution in [0.5, 0.6) is 0 Å². The van der Waals surface area contributed by atoms with Gasteiger partial charge in [0, 0.05) is 0 Å². The molecule has 0 aromatic carbocycles. The van der Waals surface area contributed by atoms with Gasteiger partial charge in [-0.2, -0.15) is 0 Å². The predicted octanol–water partition coefficient (Wildman–Crippen LogP) is 2.53. The molecule has 1 atom stereocenters. The summed E-state index contributed by atoms with van der Waals surface area (Å²) in [6, 6.07) is 0. The van der Waals surface area contributed by atoms with Crippen LogP contribution in [-0.4, -0.2) is 22.5 Å². The summed E-state index contributed by atoms with van der Waals surface area (Å²) in [6.45, 7) is 3.83. The molecule has 90 valence electrons. The number of thioether (sulfide) groups is 1. The topological polar surface area (TPSA) is 51.0 Å². The lowest BCUT2D eigenvalue weighted by atomic mass is 10.2. The van der Waals surface area contributed by atoms with Gasteiger partial charge in [-0.05, 0) is 31.6 Å². The molecule has 1 aromatic heterocycles. The lowest BCUT2D eigenvalue weighted by molar-refractivity contribution is 0.421. The smallest absolute Gasteiger partial charge is 0.230 e. The molecule has 1 saturated heterocycles. The number of aromatic nitrogens is 2. The minimum Gasteiger partial charge on any atom is -0.423 e. The molecule has 1 fully saturated rings. The predicted molar refractivity (Wildman–Crippen MR) is 65.3 cm³/mol. The van der Waals surface area contributed by atoms with Crippen molar-refractivity contribution in [3.63, 3.8) is 0 Å². The summed E-state index contributed by atoms with van der Waals surface area (Å²) in [4.78, 5) is 0. The van der Waals surface area contributed by atoms with E-state index in [2.05, 4.69) is 22.4 Å². The fourth-order valence-corrected chi connectivity index (χ4v) is 3.00. The zero-order valence-corrected chi connectivity index (χ0v) is 10.6.